The zero-order chi connectivity index (χ0) is 9.61. The van der Waals surface area contributed by atoms with Crippen LogP contribution in [0.3, 0.4) is 0 Å². The van der Waals surface area contributed by atoms with Crippen molar-refractivity contribution in [2.24, 2.45) is 0 Å². The van der Waals surface area contributed by atoms with Crippen molar-refractivity contribution in [2.45, 2.75) is 6.92 Å². The first kappa shape index (κ1) is 12.2. The van der Waals surface area contributed by atoms with Gasteiger partial charge in [0.1, 0.15) is 0 Å². The highest BCUT2D eigenvalue weighted by atomic mass is 32.2. The molecule has 0 fully saturated rings. The van der Waals surface area contributed by atoms with Gasteiger partial charge >= 0.3 is 7.60 Å². The quantitative estimate of drug-likeness (QED) is 0.499. The van der Waals surface area contributed by atoms with Crippen molar-refractivity contribution >= 4 is 19.4 Å². The lowest BCUT2D eigenvalue weighted by atomic mass is 10.4. The SMILES string of the molecule is C=C(C)CSCP(=O)(OC)OC. The summed E-state index contributed by atoms with van der Waals surface area (Å²) in [5.41, 5.74) is 1.44. The molecule has 0 aliphatic rings. The Morgan fingerprint density at radius 3 is 2.33 bits per heavy atom. The molecule has 3 nitrogen and oxygen atoms in total. The van der Waals surface area contributed by atoms with E-state index in [1.165, 1.54) is 26.0 Å². The van der Waals surface area contributed by atoms with Gasteiger partial charge in [0.05, 0.1) is 5.49 Å². The van der Waals surface area contributed by atoms with Gasteiger partial charge < -0.3 is 9.05 Å². The molecule has 0 atom stereocenters. The molecule has 0 aliphatic heterocycles. The topological polar surface area (TPSA) is 35.5 Å². The van der Waals surface area contributed by atoms with E-state index in [1.807, 2.05) is 6.92 Å². The number of hydrogen-bond donors (Lipinski definition) is 0. The molecular formula is C7H15O3PS. The lowest BCUT2D eigenvalue weighted by Gasteiger charge is -2.12. The molecule has 0 aliphatic carbocycles. The van der Waals surface area contributed by atoms with Crippen LogP contribution in [0, 0.1) is 0 Å². The van der Waals surface area contributed by atoms with Crippen LogP contribution in [0.5, 0.6) is 0 Å². The molecule has 0 unspecified atom stereocenters. The van der Waals surface area contributed by atoms with Gasteiger partial charge in [-0.15, -0.1) is 11.8 Å². The van der Waals surface area contributed by atoms with Gasteiger partial charge in [-0.3, -0.25) is 4.57 Å². The van der Waals surface area contributed by atoms with Gasteiger partial charge in [-0.25, -0.2) is 0 Å². The van der Waals surface area contributed by atoms with Crippen LogP contribution < -0.4 is 0 Å². The van der Waals surface area contributed by atoms with E-state index in [2.05, 4.69) is 6.58 Å². The number of hydrogen-bond acceptors (Lipinski definition) is 4. The maximum atomic E-state index is 11.4. The third kappa shape index (κ3) is 4.99. The molecule has 0 aromatic rings. The first-order valence-electron chi connectivity index (χ1n) is 3.46. The molecule has 0 spiro atoms. The second kappa shape index (κ2) is 5.81. The molecule has 0 aromatic heterocycles. The van der Waals surface area contributed by atoms with Crippen LogP contribution in [-0.4, -0.2) is 25.5 Å². The van der Waals surface area contributed by atoms with Gasteiger partial charge in [-0.05, 0) is 6.92 Å². The zero-order valence-corrected chi connectivity index (χ0v) is 9.41. The summed E-state index contributed by atoms with van der Waals surface area (Å²) in [4.78, 5) is 0. The van der Waals surface area contributed by atoms with Gasteiger partial charge in [-0.2, -0.15) is 0 Å². The van der Waals surface area contributed by atoms with Crippen LogP contribution in [0.1, 0.15) is 6.92 Å². The third-order valence-corrected chi connectivity index (χ3v) is 4.96. The Labute approximate surface area is 78.1 Å². The van der Waals surface area contributed by atoms with Gasteiger partial charge in [-0.1, -0.05) is 12.2 Å². The van der Waals surface area contributed by atoms with Crippen molar-refractivity contribution in [1.29, 1.82) is 0 Å². The van der Waals surface area contributed by atoms with E-state index in [1.54, 1.807) is 0 Å². The van der Waals surface area contributed by atoms with Crippen LogP contribution >= 0.6 is 19.4 Å². The lowest BCUT2D eigenvalue weighted by molar-refractivity contribution is 0.281. The Morgan fingerprint density at radius 1 is 1.50 bits per heavy atom. The normalized spacial score (nSPS) is 11.6. The molecule has 0 aromatic carbocycles. The summed E-state index contributed by atoms with van der Waals surface area (Å²) in [5.74, 6) is 0.788. The highest BCUT2D eigenvalue weighted by molar-refractivity contribution is 8.04. The Balaban J connectivity index is 3.74. The highest BCUT2D eigenvalue weighted by Crippen LogP contribution is 2.49. The van der Waals surface area contributed by atoms with Crippen LogP contribution in [0.15, 0.2) is 12.2 Å². The van der Waals surface area contributed by atoms with Gasteiger partial charge in [0, 0.05) is 20.0 Å². The van der Waals surface area contributed by atoms with Crippen LogP contribution in [0.25, 0.3) is 0 Å². The molecule has 0 saturated carbocycles. The molecule has 72 valence electrons. The minimum absolute atomic E-state index is 0.382. The summed E-state index contributed by atoms with van der Waals surface area (Å²) >= 11 is 1.50. The molecule has 0 radical (unpaired) electrons. The first-order chi connectivity index (χ1) is 5.54. The van der Waals surface area contributed by atoms with E-state index in [-0.39, 0.29) is 0 Å². The predicted octanol–water partition coefficient (Wildman–Crippen LogP) is 2.74. The Morgan fingerprint density at radius 2 is 2.00 bits per heavy atom. The molecule has 0 heterocycles. The van der Waals surface area contributed by atoms with E-state index in [9.17, 15) is 4.57 Å². The van der Waals surface area contributed by atoms with Crippen LogP contribution in [0.4, 0.5) is 0 Å². The molecule has 0 rings (SSSR count). The summed E-state index contributed by atoms with van der Waals surface area (Å²) in [7, 11) is -0.0266. The fourth-order valence-electron chi connectivity index (χ4n) is 0.512. The molecule has 0 bridgehead atoms. The minimum Gasteiger partial charge on any atom is -0.311 e. The molecule has 12 heavy (non-hydrogen) atoms. The number of rotatable bonds is 6. The summed E-state index contributed by atoms with van der Waals surface area (Å²) in [5, 5.41) is 0. The monoisotopic (exact) mass is 210 g/mol. The van der Waals surface area contributed by atoms with Crippen molar-refractivity contribution < 1.29 is 13.6 Å². The Hall–Kier alpha value is 0.240. The average molecular weight is 210 g/mol. The van der Waals surface area contributed by atoms with Crippen LogP contribution in [-0.2, 0) is 13.6 Å². The van der Waals surface area contributed by atoms with Crippen molar-refractivity contribution in [1.82, 2.24) is 0 Å². The van der Waals surface area contributed by atoms with Crippen molar-refractivity contribution in [3.05, 3.63) is 12.2 Å². The Kier molecular flexibility index (Phi) is 5.93. The summed E-state index contributed by atoms with van der Waals surface area (Å²) in [6.07, 6.45) is 0. The van der Waals surface area contributed by atoms with E-state index in [4.69, 9.17) is 9.05 Å². The summed E-state index contributed by atoms with van der Waals surface area (Å²) in [6, 6.07) is 0. The zero-order valence-electron chi connectivity index (χ0n) is 7.70. The minimum atomic E-state index is -2.82. The van der Waals surface area contributed by atoms with Gasteiger partial charge in [0.15, 0.2) is 0 Å². The predicted molar refractivity (Wildman–Crippen MR) is 53.8 cm³/mol. The maximum absolute atomic E-state index is 11.4. The van der Waals surface area contributed by atoms with Crippen LogP contribution in [0.2, 0.25) is 0 Å². The van der Waals surface area contributed by atoms with Gasteiger partial charge in [0.25, 0.3) is 0 Å². The molecule has 5 heteroatoms. The van der Waals surface area contributed by atoms with E-state index >= 15 is 0 Å². The molecule has 0 N–H and O–H groups in total. The standard InChI is InChI=1S/C7H15O3PS/c1-7(2)5-12-6-11(8,9-3)10-4/h1,5-6H2,2-4H3. The molecular weight excluding hydrogens is 195 g/mol. The number of thioether (sulfide) groups is 1. The average Bonchev–Trinajstić information content (AvgIpc) is 2.03. The van der Waals surface area contributed by atoms with Crippen molar-refractivity contribution in [3.8, 4) is 0 Å². The molecule has 0 saturated heterocycles. The second-order valence-corrected chi connectivity index (χ2v) is 6.09. The smallest absolute Gasteiger partial charge is 0.311 e. The second-order valence-electron chi connectivity index (χ2n) is 2.41. The fourth-order valence-corrected chi connectivity index (χ4v) is 3.11. The molecule has 0 amide bonds. The van der Waals surface area contributed by atoms with Gasteiger partial charge in [0.2, 0.25) is 0 Å². The first-order valence-corrected chi connectivity index (χ1v) is 6.35. The van der Waals surface area contributed by atoms with Crippen molar-refractivity contribution in [3.63, 3.8) is 0 Å². The van der Waals surface area contributed by atoms with Crippen molar-refractivity contribution in [2.75, 3.05) is 25.5 Å². The third-order valence-electron chi connectivity index (χ3n) is 1.15. The summed E-state index contributed by atoms with van der Waals surface area (Å²) < 4.78 is 20.9. The Bertz CT molecular complexity index is 185. The van der Waals surface area contributed by atoms with E-state index in [0.29, 0.717) is 5.49 Å². The largest absolute Gasteiger partial charge is 0.339 e. The highest BCUT2D eigenvalue weighted by Gasteiger charge is 2.20. The summed E-state index contributed by atoms with van der Waals surface area (Å²) in [6.45, 7) is 5.66. The fraction of sp³-hybridized carbons (Fsp3) is 0.714. The maximum Gasteiger partial charge on any atom is 0.339 e. The van der Waals surface area contributed by atoms with E-state index < -0.39 is 7.60 Å². The lowest BCUT2D eigenvalue weighted by Crippen LogP contribution is -1.92. The van der Waals surface area contributed by atoms with E-state index in [0.717, 1.165) is 11.3 Å².